The van der Waals surface area contributed by atoms with Crippen molar-refractivity contribution in [2.75, 3.05) is 37.1 Å². The van der Waals surface area contributed by atoms with Crippen LogP contribution < -0.4 is 11.3 Å². The van der Waals surface area contributed by atoms with Gasteiger partial charge >= 0.3 is 0 Å². The first-order chi connectivity index (χ1) is 9.29. The summed E-state index contributed by atoms with van der Waals surface area (Å²) in [6.45, 7) is 2.34. The van der Waals surface area contributed by atoms with E-state index in [0.29, 0.717) is 12.4 Å². The van der Waals surface area contributed by atoms with Crippen LogP contribution in [0.25, 0.3) is 0 Å². The zero-order chi connectivity index (χ0) is 13.2. The van der Waals surface area contributed by atoms with Crippen molar-refractivity contribution in [1.29, 1.82) is 0 Å². The van der Waals surface area contributed by atoms with Crippen LogP contribution in [0, 0.1) is 0 Å². The van der Waals surface area contributed by atoms with Crippen molar-refractivity contribution in [3.63, 3.8) is 0 Å². The molecule has 19 heavy (non-hydrogen) atoms. The van der Waals surface area contributed by atoms with Crippen LogP contribution in [0.15, 0.2) is 0 Å². The van der Waals surface area contributed by atoms with Gasteiger partial charge in [0.05, 0.1) is 24.9 Å². The number of nitrogen functional groups attached to an aromatic ring is 1. The number of hydrogen-bond donors (Lipinski definition) is 2. The summed E-state index contributed by atoms with van der Waals surface area (Å²) < 4.78 is 5.45. The number of nitrogens with two attached hydrogens (primary N) is 1. The molecule has 104 valence electrons. The zero-order valence-electron chi connectivity index (χ0n) is 11.1. The molecule has 0 aliphatic carbocycles. The van der Waals surface area contributed by atoms with Crippen molar-refractivity contribution in [2.45, 2.75) is 19.1 Å². The maximum absolute atomic E-state index is 5.59. The molecule has 0 bridgehead atoms. The van der Waals surface area contributed by atoms with E-state index in [-0.39, 0.29) is 6.04 Å². The quantitative estimate of drug-likeness (QED) is 0.605. The van der Waals surface area contributed by atoms with Gasteiger partial charge in [-0.25, -0.2) is 15.8 Å². The number of hydrazine groups is 1. The Morgan fingerprint density at radius 3 is 3.16 bits per heavy atom. The van der Waals surface area contributed by atoms with E-state index in [9.17, 15) is 0 Å². The predicted molar refractivity (Wildman–Crippen MR) is 75.9 cm³/mol. The third kappa shape index (κ3) is 2.55. The topological polar surface area (TPSA) is 76.3 Å². The molecule has 0 aromatic carbocycles. The molecule has 1 fully saturated rings. The maximum atomic E-state index is 5.59. The van der Waals surface area contributed by atoms with E-state index in [1.54, 1.807) is 0 Å². The van der Waals surface area contributed by atoms with Crippen LogP contribution in [0.1, 0.15) is 23.1 Å². The van der Waals surface area contributed by atoms with Gasteiger partial charge in [0.25, 0.3) is 0 Å². The summed E-state index contributed by atoms with van der Waals surface area (Å²) in [7, 11) is 2.13. The number of nitrogens with zero attached hydrogens (tertiary/aromatic N) is 3. The van der Waals surface area contributed by atoms with Crippen molar-refractivity contribution >= 4 is 17.6 Å². The Kier molecular flexibility index (Phi) is 3.88. The van der Waals surface area contributed by atoms with Gasteiger partial charge in [0.15, 0.2) is 0 Å². The molecule has 1 saturated heterocycles. The summed E-state index contributed by atoms with van der Waals surface area (Å²) >= 11 is 1.95. The smallest absolute Gasteiger partial charge is 0.149 e. The van der Waals surface area contributed by atoms with Gasteiger partial charge in [-0.15, -0.1) is 0 Å². The minimum absolute atomic E-state index is 0.277. The third-order valence-electron chi connectivity index (χ3n) is 3.67. The van der Waals surface area contributed by atoms with Gasteiger partial charge < -0.3 is 10.2 Å². The Hall–Kier alpha value is -0.890. The Bertz CT molecular complexity index is 452. The molecule has 0 saturated carbocycles. The molecule has 2 aliphatic heterocycles. The first kappa shape index (κ1) is 13.1. The molecule has 3 rings (SSSR count). The van der Waals surface area contributed by atoms with E-state index in [1.165, 1.54) is 5.75 Å². The number of fused-ring (bicyclic) bond motifs is 1. The highest BCUT2D eigenvalue weighted by Gasteiger charge is 2.26. The normalized spacial score (nSPS) is 24.0. The van der Waals surface area contributed by atoms with Gasteiger partial charge in [-0.2, -0.15) is 11.8 Å². The lowest BCUT2D eigenvalue weighted by Crippen LogP contribution is -2.34. The van der Waals surface area contributed by atoms with Crippen LogP contribution in [-0.2, 0) is 17.8 Å². The minimum atomic E-state index is 0.277. The molecule has 7 heteroatoms. The van der Waals surface area contributed by atoms with Gasteiger partial charge in [0, 0.05) is 30.0 Å². The highest BCUT2D eigenvalue weighted by atomic mass is 32.2. The molecule has 3 heterocycles. The second-order valence-electron chi connectivity index (χ2n) is 4.87. The van der Waals surface area contributed by atoms with Crippen LogP contribution >= 0.6 is 11.8 Å². The monoisotopic (exact) mass is 281 g/mol. The lowest BCUT2D eigenvalue weighted by molar-refractivity contribution is 0.109. The minimum Gasteiger partial charge on any atom is -0.376 e. The van der Waals surface area contributed by atoms with E-state index in [2.05, 4.69) is 22.4 Å². The molecule has 1 aromatic rings. The van der Waals surface area contributed by atoms with Crippen LogP contribution in [0.2, 0.25) is 0 Å². The molecule has 3 N–H and O–H groups in total. The molecule has 0 amide bonds. The lowest BCUT2D eigenvalue weighted by Gasteiger charge is -2.31. The van der Waals surface area contributed by atoms with Crippen LogP contribution in [-0.4, -0.2) is 46.6 Å². The first-order valence-electron chi connectivity index (χ1n) is 6.51. The number of rotatable bonds is 2. The molecule has 1 atom stereocenters. The van der Waals surface area contributed by atoms with Crippen molar-refractivity contribution in [1.82, 2.24) is 14.9 Å². The van der Waals surface area contributed by atoms with Crippen LogP contribution in [0.3, 0.4) is 0 Å². The number of ether oxygens (including phenoxy) is 1. The van der Waals surface area contributed by atoms with Crippen LogP contribution in [0.4, 0.5) is 5.82 Å². The van der Waals surface area contributed by atoms with Crippen molar-refractivity contribution in [3.05, 3.63) is 17.1 Å². The summed E-state index contributed by atoms with van der Waals surface area (Å²) in [5.74, 6) is 9.39. The molecule has 0 spiro atoms. The van der Waals surface area contributed by atoms with Gasteiger partial charge in [-0.05, 0) is 7.05 Å². The summed E-state index contributed by atoms with van der Waals surface area (Å²) in [5.41, 5.74) is 4.77. The zero-order valence-corrected chi connectivity index (χ0v) is 11.9. The number of anilines is 1. The van der Waals surface area contributed by atoms with Gasteiger partial charge in [0.1, 0.15) is 11.6 Å². The highest BCUT2D eigenvalue weighted by Crippen LogP contribution is 2.29. The van der Waals surface area contributed by atoms with E-state index in [1.807, 2.05) is 11.8 Å². The molecular weight excluding hydrogens is 262 g/mol. The maximum Gasteiger partial charge on any atom is 0.149 e. The van der Waals surface area contributed by atoms with Gasteiger partial charge in [-0.3, -0.25) is 4.90 Å². The first-order valence-corrected chi connectivity index (χ1v) is 7.67. The molecule has 1 aromatic heterocycles. The predicted octanol–water partition coefficient (Wildman–Crippen LogP) is 0.555. The fraction of sp³-hybridized carbons (Fsp3) is 0.667. The molecule has 0 radical (unpaired) electrons. The Morgan fingerprint density at radius 1 is 1.47 bits per heavy atom. The van der Waals surface area contributed by atoms with E-state index in [0.717, 1.165) is 42.4 Å². The summed E-state index contributed by atoms with van der Waals surface area (Å²) in [6, 6.07) is 0.277. The fourth-order valence-corrected chi connectivity index (χ4v) is 3.69. The van der Waals surface area contributed by atoms with E-state index in [4.69, 9.17) is 15.6 Å². The average molecular weight is 281 g/mol. The largest absolute Gasteiger partial charge is 0.376 e. The lowest BCUT2D eigenvalue weighted by atomic mass is 10.1. The fourth-order valence-electron chi connectivity index (χ4n) is 2.48. The summed E-state index contributed by atoms with van der Waals surface area (Å²) in [6.07, 6.45) is 0.836. The molecular formula is C12H19N5OS. The van der Waals surface area contributed by atoms with Crippen molar-refractivity contribution < 1.29 is 4.74 Å². The molecule has 1 unspecified atom stereocenters. The Labute approximate surface area is 117 Å². The van der Waals surface area contributed by atoms with E-state index < -0.39 is 0 Å². The molecule has 6 nitrogen and oxygen atoms in total. The Balaban J connectivity index is 1.97. The van der Waals surface area contributed by atoms with Crippen molar-refractivity contribution in [2.24, 2.45) is 5.84 Å². The van der Waals surface area contributed by atoms with E-state index >= 15 is 0 Å². The Morgan fingerprint density at radius 2 is 2.37 bits per heavy atom. The summed E-state index contributed by atoms with van der Waals surface area (Å²) in [4.78, 5) is 11.7. The van der Waals surface area contributed by atoms with Gasteiger partial charge in [0.2, 0.25) is 0 Å². The SMILES string of the molecule is CN1CCSCC1c1nc2c(c(NN)n1)COCC2. The highest BCUT2D eigenvalue weighted by molar-refractivity contribution is 7.99. The average Bonchev–Trinajstić information content (AvgIpc) is 2.46. The standard InChI is InChI=1S/C12H19N5OS/c1-17-3-5-19-7-10(17)12-14-9-2-4-18-6-8(9)11(15-12)16-13/h10H,2-7,13H2,1H3,(H,14,15,16). The number of nitrogens with one attached hydrogen (secondary N) is 1. The second kappa shape index (κ2) is 5.62. The van der Waals surface area contributed by atoms with Crippen LogP contribution in [0.5, 0.6) is 0 Å². The number of thioether (sulfide) groups is 1. The second-order valence-corrected chi connectivity index (χ2v) is 6.02. The van der Waals surface area contributed by atoms with Crippen molar-refractivity contribution in [3.8, 4) is 0 Å². The third-order valence-corrected chi connectivity index (χ3v) is 4.69. The number of hydrogen-bond acceptors (Lipinski definition) is 7. The summed E-state index contributed by atoms with van der Waals surface area (Å²) in [5, 5.41) is 0. The number of aromatic nitrogens is 2. The van der Waals surface area contributed by atoms with Gasteiger partial charge in [-0.1, -0.05) is 0 Å². The molecule has 2 aliphatic rings.